The zero-order valence-electron chi connectivity index (χ0n) is 20.3. The van der Waals surface area contributed by atoms with Crippen molar-refractivity contribution in [3.8, 4) is 0 Å². The average Bonchev–Trinajstić information content (AvgIpc) is 2.91. The molecule has 3 aromatic carbocycles. The summed E-state index contributed by atoms with van der Waals surface area (Å²) in [5.41, 5.74) is 2.00. The fourth-order valence-corrected chi connectivity index (χ4v) is 5.52. The van der Waals surface area contributed by atoms with E-state index in [-0.39, 0.29) is 33.1 Å². The molecule has 2 N–H and O–H groups in total. The Morgan fingerprint density at radius 3 is 2.18 bits per heavy atom. The molecular formula is C27H24Cl2N4O4S. The molecule has 0 unspecified atom stereocenters. The number of carbonyl (C=O) groups is 1. The van der Waals surface area contributed by atoms with Gasteiger partial charge in [0.15, 0.2) is 0 Å². The number of aryl methyl sites for hydroxylation is 1. The number of rotatable bonds is 9. The van der Waals surface area contributed by atoms with Gasteiger partial charge in [0, 0.05) is 18.2 Å². The Morgan fingerprint density at radius 1 is 0.974 bits per heavy atom. The van der Waals surface area contributed by atoms with Crippen molar-refractivity contribution < 1.29 is 13.2 Å². The molecular weight excluding hydrogens is 547 g/mol. The van der Waals surface area contributed by atoms with Crippen LogP contribution in [0.1, 0.15) is 22.6 Å². The number of hydrogen-bond acceptors (Lipinski definition) is 5. The summed E-state index contributed by atoms with van der Waals surface area (Å²) in [5, 5.41) is 6.14. The molecule has 4 rings (SSSR count). The van der Waals surface area contributed by atoms with Gasteiger partial charge in [-0.3, -0.25) is 9.59 Å². The molecule has 11 heteroatoms. The van der Waals surface area contributed by atoms with Crippen LogP contribution in [0.15, 0.2) is 94.7 Å². The Morgan fingerprint density at radius 2 is 1.58 bits per heavy atom. The molecule has 8 nitrogen and oxygen atoms in total. The number of sulfonamides is 1. The van der Waals surface area contributed by atoms with Gasteiger partial charge in [-0.05, 0) is 35.7 Å². The molecule has 0 aliphatic carbocycles. The predicted octanol–water partition coefficient (Wildman–Crippen LogP) is 4.61. The van der Waals surface area contributed by atoms with Crippen molar-refractivity contribution in [2.24, 2.45) is 0 Å². The number of aromatic nitrogens is 2. The molecule has 0 bridgehead atoms. The first-order chi connectivity index (χ1) is 18.2. The maximum Gasteiger partial charge on any atom is 0.287 e. The van der Waals surface area contributed by atoms with Gasteiger partial charge in [0.1, 0.15) is 11.6 Å². The molecule has 38 heavy (non-hydrogen) atoms. The second kappa shape index (κ2) is 11.9. The van der Waals surface area contributed by atoms with Crippen molar-refractivity contribution >= 4 is 44.8 Å². The number of nitrogens with zero attached hydrogens (tertiary/aromatic N) is 2. The van der Waals surface area contributed by atoms with Crippen molar-refractivity contribution in [2.45, 2.75) is 24.3 Å². The van der Waals surface area contributed by atoms with Gasteiger partial charge >= 0.3 is 0 Å². The van der Waals surface area contributed by atoms with E-state index in [1.54, 1.807) is 19.1 Å². The first-order valence-corrected chi connectivity index (χ1v) is 13.8. The van der Waals surface area contributed by atoms with E-state index in [0.717, 1.165) is 15.8 Å². The predicted molar refractivity (Wildman–Crippen MR) is 148 cm³/mol. The molecule has 0 fully saturated rings. The monoisotopic (exact) mass is 570 g/mol. The topological polar surface area (TPSA) is 110 Å². The Kier molecular flexibility index (Phi) is 8.63. The van der Waals surface area contributed by atoms with E-state index in [2.05, 4.69) is 15.1 Å². The summed E-state index contributed by atoms with van der Waals surface area (Å²) < 4.78 is 30.3. The van der Waals surface area contributed by atoms with E-state index < -0.39 is 28.0 Å². The number of nitrogens with one attached hydrogen (secondary N) is 2. The lowest BCUT2D eigenvalue weighted by molar-refractivity contribution is -0.117. The third kappa shape index (κ3) is 6.49. The highest BCUT2D eigenvalue weighted by Crippen LogP contribution is 2.26. The molecule has 0 atom stereocenters. The molecule has 1 aromatic heterocycles. The van der Waals surface area contributed by atoms with Crippen LogP contribution in [-0.2, 0) is 21.4 Å². The molecule has 0 saturated carbocycles. The van der Waals surface area contributed by atoms with Gasteiger partial charge in [-0.25, -0.2) is 17.8 Å². The van der Waals surface area contributed by atoms with Crippen molar-refractivity contribution in [2.75, 3.05) is 11.9 Å². The Hall–Kier alpha value is -3.50. The van der Waals surface area contributed by atoms with Gasteiger partial charge in [0.05, 0.1) is 16.1 Å². The SMILES string of the molecule is Cc1ccc(NC(=O)Cn2ncc(Cl)c(Cl)c2=O)cc1S(=O)(=O)NCC(c1ccccc1)c1ccccc1. The Bertz CT molecular complexity index is 1570. The van der Waals surface area contributed by atoms with Crippen molar-refractivity contribution in [1.29, 1.82) is 0 Å². The lowest BCUT2D eigenvalue weighted by Crippen LogP contribution is -2.30. The minimum atomic E-state index is -3.94. The van der Waals surface area contributed by atoms with Crippen LogP contribution in [0.3, 0.4) is 0 Å². The summed E-state index contributed by atoms with van der Waals surface area (Å²) in [5.74, 6) is -0.793. The number of amides is 1. The largest absolute Gasteiger partial charge is 0.324 e. The highest BCUT2D eigenvalue weighted by molar-refractivity contribution is 7.89. The van der Waals surface area contributed by atoms with Crippen LogP contribution >= 0.6 is 23.2 Å². The Labute approximate surface area is 230 Å². The van der Waals surface area contributed by atoms with Crippen LogP contribution in [0, 0.1) is 6.92 Å². The smallest absolute Gasteiger partial charge is 0.287 e. The highest BCUT2D eigenvalue weighted by Gasteiger charge is 2.22. The van der Waals surface area contributed by atoms with Gasteiger partial charge in [0.25, 0.3) is 5.56 Å². The third-order valence-corrected chi connectivity index (χ3v) is 8.19. The maximum atomic E-state index is 13.4. The molecule has 0 aliphatic heterocycles. The quantitative estimate of drug-likeness (QED) is 0.305. The van der Waals surface area contributed by atoms with Gasteiger partial charge in [-0.15, -0.1) is 0 Å². The van der Waals surface area contributed by atoms with Gasteiger partial charge < -0.3 is 5.32 Å². The van der Waals surface area contributed by atoms with Crippen LogP contribution in [0.4, 0.5) is 5.69 Å². The van der Waals surface area contributed by atoms with Gasteiger partial charge in [0.2, 0.25) is 15.9 Å². The molecule has 0 radical (unpaired) electrons. The minimum Gasteiger partial charge on any atom is -0.324 e. The third-order valence-electron chi connectivity index (χ3n) is 5.88. The first kappa shape index (κ1) is 27.5. The van der Waals surface area contributed by atoms with Crippen molar-refractivity contribution in [3.63, 3.8) is 0 Å². The van der Waals surface area contributed by atoms with E-state index in [1.807, 2.05) is 60.7 Å². The number of anilines is 1. The van der Waals surface area contributed by atoms with E-state index >= 15 is 0 Å². The summed E-state index contributed by atoms with van der Waals surface area (Å²) in [4.78, 5) is 24.7. The number of halogens is 2. The summed E-state index contributed by atoms with van der Waals surface area (Å²) in [6.07, 6.45) is 1.17. The molecule has 0 spiro atoms. The highest BCUT2D eigenvalue weighted by atomic mass is 35.5. The van der Waals surface area contributed by atoms with E-state index in [4.69, 9.17) is 23.2 Å². The summed E-state index contributed by atoms with van der Waals surface area (Å²) in [6.45, 7) is 1.38. The number of hydrogen-bond donors (Lipinski definition) is 2. The number of carbonyl (C=O) groups excluding carboxylic acids is 1. The minimum absolute atomic E-state index is 0.0176. The molecule has 196 valence electrons. The van der Waals surface area contributed by atoms with E-state index in [0.29, 0.717) is 5.56 Å². The van der Waals surface area contributed by atoms with Crippen molar-refractivity contribution in [3.05, 3.63) is 122 Å². The summed E-state index contributed by atoms with van der Waals surface area (Å²) in [6, 6.07) is 23.9. The fourth-order valence-electron chi connectivity index (χ4n) is 3.93. The van der Waals surface area contributed by atoms with Crippen LogP contribution in [-0.4, -0.2) is 30.7 Å². The fraction of sp³-hybridized carbons (Fsp3) is 0.148. The second-order valence-electron chi connectivity index (χ2n) is 8.52. The molecule has 1 heterocycles. The van der Waals surface area contributed by atoms with Gasteiger partial charge in [-0.1, -0.05) is 89.9 Å². The molecule has 0 aliphatic rings. The van der Waals surface area contributed by atoms with Crippen molar-refractivity contribution in [1.82, 2.24) is 14.5 Å². The van der Waals surface area contributed by atoms with Crippen LogP contribution < -0.4 is 15.6 Å². The number of benzene rings is 3. The average molecular weight is 571 g/mol. The maximum absolute atomic E-state index is 13.4. The lowest BCUT2D eigenvalue weighted by atomic mass is 9.92. The summed E-state index contributed by atoms with van der Waals surface area (Å²) in [7, 11) is -3.94. The van der Waals surface area contributed by atoms with Gasteiger partial charge in [-0.2, -0.15) is 5.10 Å². The zero-order chi connectivity index (χ0) is 27.3. The molecule has 1 amide bonds. The van der Waals surface area contributed by atoms with Crippen LogP contribution in [0.2, 0.25) is 10.0 Å². The molecule has 0 saturated heterocycles. The lowest BCUT2D eigenvalue weighted by Gasteiger charge is -2.19. The standard InChI is InChI=1S/C27H24Cl2N4O4S/c1-18-12-13-21(32-25(34)17-33-27(35)26(29)23(28)16-30-33)14-24(18)38(36,37)31-15-22(19-8-4-2-5-9-19)20-10-6-3-7-11-20/h2-14,16,22,31H,15,17H2,1H3,(H,32,34). The first-order valence-electron chi connectivity index (χ1n) is 11.6. The zero-order valence-corrected chi connectivity index (χ0v) is 22.6. The summed E-state index contributed by atoms with van der Waals surface area (Å²) >= 11 is 11.6. The second-order valence-corrected chi connectivity index (χ2v) is 11.0. The van der Waals surface area contributed by atoms with E-state index in [9.17, 15) is 18.0 Å². The van der Waals surface area contributed by atoms with Crippen LogP contribution in [0.25, 0.3) is 0 Å². The normalized spacial score (nSPS) is 11.5. The molecule has 4 aromatic rings. The Balaban J connectivity index is 1.52. The van der Waals surface area contributed by atoms with E-state index in [1.165, 1.54) is 12.3 Å². The van der Waals surface area contributed by atoms with Crippen LogP contribution in [0.5, 0.6) is 0 Å².